The van der Waals surface area contributed by atoms with E-state index in [4.69, 9.17) is 32.0 Å². The molecule has 30 heavy (non-hydrogen) atoms. The predicted molar refractivity (Wildman–Crippen MR) is 119 cm³/mol. The SMILES string of the molecule is COc1ccc(-c2cc(CCCc3cnc(N)s3)nc(-c3cnccn3)n2)c(Cl)c1. The molecule has 0 amide bonds. The van der Waals surface area contributed by atoms with Crippen LogP contribution in [-0.4, -0.2) is 32.0 Å². The molecule has 0 saturated heterocycles. The van der Waals surface area contributed by atoms with Gasteiger partial charge in [0.05, 0.1) is 24.0 Å². The number of hydrogen-bond acceptors (Lipinski definition) is 8. The van der Waals surface area contributed by atoms with Crippen molar-refractivity contribution in [1.82, 2.24) is 24.9 Å². The monoisotopic (exact) mass is 438 g/mol. The molecule has 3 heterocycles. The smallest absolute Gasteiger partial charge is 0.180 e. The first kappa shape index (κ1) is 20.2. The summed E-state index contributed by atoms with van der Waals surface area (Å²) in [4.78, 5) is 23.2. The summed E-state index contributed by atoms with van der Waals surface area (Å²) < 4.78 is 5.25. The van der Waals surface area contributed by atoms with Crippen molar-refractivity contribution in [2.24, 2.45) is 0 Å². The Hall–Kier alpha value is -3.10. The van der Waals surface area contributed by atoms with Crippen LogP contribution in [0.3, 0.4) is 0 Å². The number of nitrogen functional groups attached to an aromatic ring is 1. The van der Waals surface area contributed by atoms with Gasteiger partial charge in [0, 0.05) is 34.7 Å². The van der Waals surface area contributed by atoms with Gasteiger partial charge in [-0.3, -0.25) is 4.98 Å². The highest BCUT2D eigenvalue weighted by Crippen LogP contribution is 2.31. The zero-order valence-corrected chi connectivity index (χ0v) is 17.8. The first-order valence-electron chi connectivity index (χ1n) is 9.31. The molecule has 152 valence electrons. The molecule has 0 spiro atoms. The molecule has 4 aromatic rings. The molecule has 0 bridgehead atoms. The van der Waals surface area contributed by atoms with Crippen LogP contribution in [0, 0.1) is 0 Å². The van der Waals surface area contributed by atoms with E-state index in [9.17, 15) is 0 Å². The zero-order chi connectivity index (χ0) is 20.9. The fourth-order valence-electron chi connectivity index (χ4n) is 3.01. The van der Waals surface area contributed by atoms with Crippen LogP contribution in [0.25, 0.3) is 22.8 Å². The minimum Gasteiger partial charge on any atom is -0.497 e. The number of anilines is 1. The lowest BCUT2D eigenvalue weighted by Gasteiger charge is -2.10. The first-order valence-corrected chi connectivity index (χ1v) is 10.5. The van der Waals surface area contributed by atoms with Crippen LogP contribution in [0.1, 0.15) is 17.0 Å². The average molecular weight is 439 g/mol. The van der Waals surface area contributed by atoms with Gasteiger partial charge < -0.3 is 10.5 Å². The minimum atomic E-state index is 0.518. The van der Waals surface area contributed by atoms with E-state index in [1.165, 1.54) is 11.3 Å². The lowest BCUT2D eigenvalue weighted by molar-refractivity contribution is 0.415. The van der Waals surface area contributed by atoms with E-state index in [1.54, 1.807) is 31.8 Å². The quantitative estimate of drug-likeness (QED) is 0.454. The van der Waals surface area contributed by atoms with Gasteiger partial charge in [0.25, 0.3) is 0 Å². The van der Waals surface area contributed by atoms with Crippen molar-refractivity contribution in [3.63, 3.8) is 0 Å². The molecule has 0 aliphatic rings. The fraction of sp³-hybridized carbons (Fsp3) is 0.190. The van der Waals surface area contributed by atoms with Gasteiger partial charge in [-0.15, -0.1) is 11.3 Å². The van der Waals surface area contributed by atoms with Crippen molar-refractivity contribution in [3.8, 4) is 28.5 Å². The van der Waals surface area contributed by atoms with E-state index in [1.807, 2.05) is 24.4 Å². The summed E-state index contributed by atoms with van der Waals surface area (Å²) in [5.41, 5.74) is 8.78. The average Bonchev–Trinajstić information content (AvgIpc) is 3.19. The molecule has 0 fully saturated rings. The number of aromatic nitrogens is 5. The number of nitrogens with two attached hydrogens (primary N) is 1. The minimum absolute atomic E-state index is 0.518. The number of thiazole rings is 1. The molecule has 0 saturated carbocycles. The van der Waals surface area contributed by atoms with Gasteiger partial charge in [0.2, 0.25) is 0 Å². The van der Waals surface area contributed by atoms with E-state index in [0.717, 1.165) is 41.1 Å². The summed E-state index contributed by atoms with van der Waals surface area (Å²) in [6.07, 6.45) is 9.29. The number of ether oxygens (including phenoxy) is 1. The van der Waals surface area contributed by atoms with Gasteiger partial charge in [0.15, 0.2) is 11.0 Å². The topological polar surface area (TPSA) is 99.7 Å². The summed E-state index contributed by atoms with van der Waals surface area (Å²) >= 11 is 8.01. The molecule has 0 atom stereocenters. The highest BCUT2D eigenvalue weighted by Gasteiger charge is 2.13. The molecule has 4 rings (SSSR count). The van der Waals surface area contributed by atoms with Crippen LogP contribution < -0.4 is 10.5 Å². The Labute approximate surface area is 183 Å². The maximum absolute atomic E-state index is 6.49. The molecule has 7 nitrogen and oxygen atoms in total. The standard InChI is InChI=1S/C21H19ClN6OS/c1-29-14-5-6-16(17(22)10-14)18-9-13(3-2-4-15-11-26-21(23)30-15)27-20(28-18)19-12-24-7-8-25-19/h5-12H,2-4H2,1H3,(H2,23,26). The van der Waals surface area contributed by atoms with E-state index in [-0.39, 0.29) is 0 Å². The summed E-state index contributed by atoms with van der Waals surface area (Å²) in [6, 6.07) is 7.50. The fourth-order valence-corrected chi connectivity index (χ4v) is 4.00. The van der Waals surface area contributed by atoms with Gasteiger partial charge in [0.1, 0.15) is 11.4 Å². The number of methoxy groups -OCH3 is 1. The third-order valence-electron chi connectivity index (χ3n) is 4.45. The molecule has 0 aliphatic carbocycles. The molecular weight excluding hydrogens is 420 g/mol. The molecule has 0 radical (unpaired) electrons. The van der Waals surface area contributed by atoms with E-state index in [0.29, 0.717) is 27.4 Å². The Morgan fingerprint density at radius 1 is 1.03 bits per heavy atom. The lowest BCUT2D eigenvalue weighted by atomic mass is 10.1. The second-order valence-electron chi connectivity index (χ2n) is 6.52. The second-order valence-corrected chi connectivity index (χ2v) is 8.08. The van der Waals surface area contributed by atoms with Crippen LogP contribution >= 0.6 is 22.9 Å². The number of halogens is 1. The van der Waals surface area contributed by atoms with E-state index < -0.39 is 0 Å². The molecular formula is C21H19ClN6OS. The molecule has 2 N–H and O–H groups in total. The number of benzene rings is 1. The maximum atomic E-state index is 6.49. The van der Waals surface area contributed by atoms with Crippen molar-refractivity contribution < 1.29 is 4.74 Å². The summed E-state index contributed by atoms with van der Waals surface area (Å²) in [6.45, 7) is 0. The summed E-state index contributed by atoms with van der Waals surface area (Å²) in [5, 5.41) is 1.15. The number of nitrogens with zero attached hydrogens (tertiary/aromatic N) is 5. The van der Waals surface area contributed by atoms with Gasteiger partial charge in [-0.2, -0.15) is 0 Å². The van der Waals surface area contributed by atoms with Gasteiger partial charge in [-0.25, -0.2) is 19.9 Å². The zero-order valence-electron chi connectivity index (χ0n) is 16.2. The highest BCUT2D eigenvalue weighted by atomic mass is 35.5. The van der Waals surface area contributed by atoms with Crippen LogP contribution in [-0.2, 0) is 12.8 Å². The van der Waals surface area contributed by atoms with Gasteiger partial charge in [-0.1, -0.05) is 11.6 Å². The van der Waals surface area contributed by atoms with Crippen molar-refractivity contribution >= 4 is 28.1 Å². The largest absolute Gasteiger partial charge is 0.497 e. The third-order valence-corrected chi connectivity index (χ3v) is 5.65. The van der Waals surface area contributed by atoms with Crippen LogP contribution in [0.4, 0.5) is 5.13 Å². The molecule has 0 aliphatic heterocycles. The lowest BCUT2D eigenvalue weighted by Crippen LogP contribution is -2.01. The maximum Gasteiger partial charge on any atom is 0.180 e. The summed E-state index contributed by atoms with van der Waals surface area (Å²) in [7, 11) is 1.61. The van der Waals surface area contributed by atoms with Crippen molar-refractivity contribution in [1.29, 1.82) is 0 Å². The summed E-state index contributed by atoms with van der Waals surface area (Å²) in [5.74, 6) is 1.21. The third kappa shape index (κ3) is 4.72. The van der Waals surface area contributed by atoms with Gasteiger partial charge >= 0.3 is 0 Å². The Kier molecular flexibility index (Phi) is 6.15. The highest BCUT2D eigenvalue weighted by molar-refractivity contribution is 7.15. The first-order chi connectivity index (χ1) is 14.6. The van der Waals surface area contributed by atoms with Crippen molar-refractivity contribution in [3.05, 3.63) is 64.6 Å². The van der Waals surface area contributed by atoms with E-state index in [2.05, 4.69) is 15.0 Å². The molecule has 0 unspecified atom stereocenters. The Morgan fingerprint density at radius 3 is 2.63 bits per heavy atom. The Balaban J connectivity index is 1.66. The van der Waals surface area contributed by atoms with Crippen molar-refractivity contribution in [2.75, 3.05) is 12.8 Å². The molecule has 3 aromatic heterocycles. The Bertz CT molecular complexity index is 1150. The molecule has 9 heteroatoms. The Morgan fingerprint density at radius 2 is 1.93 bits per heavy atom. The van der Waals surface area contributed by atoms with Crippen LogP contribution in [0.5, 0.6) is 5.75 Å². The number of hydrogen-bond donors (Lipinski definition) is 1. The van der Waals surface area contributed by atoms with Crippen LogP contribution in [0.15, 0.2) is 49.1 Å². The van der Waals surface area contributed by atoms with E-state index >= 15 is 0 Å². The molecule has 1 aromatic carbocycles. The predicted octanol–water partition coefficient (Wildman–Crippen LogP) is 4.48. The van der Waals surface area contributed by atoms with Gasteiger partial charge in [-0.05, 0) is 43.5 Å². The normalized spacial score (nSPS) is 10.9. The second kappa shape index (κ2) is 9.15. The van der Waals surface area contributed by atoms with Crippen LogP contribution in [0.2, 0.25) is 5.02 Å². The van der Waals surface area contributed by atoms with Crippen molar-refractivity contribution in [2.45, 2.75) is 19.3 Å². The number of aryl methyl sites for hydroxylation is 2. The number of rotatable bonds is 7.